The summed E-state index contributed by atoms with van der Waals surface area (Å²) in [4.78, 5) is 13.9. The summed E-state index contributed by atoms with van der Waals surface area (Å²) < 4.78 is 2.09. The van der Waals surface area contributed by atoms with Crippen LogP contribution in [0.4, 0.5) is 5.82 Å². The highest BCUT2D eigenvalue weighted by Crippen LogP contribution is 2.17. The molecule has 5 nitrogen and oxygen atoms in total. The van der Waals surface area contributed by atoms with Gasteiger partial charge >= 0.3 is 0 Å². The normalized spacial score (nSPS) is 11.2. The molecule has 1 N–H and O–H groups in total. The van der Waals surface area contributed by atoms with Crippen molar-refractivity contribution < 1.29 is 0 Å². The van der Waals surface area contributed by atoms with Gasteiger partial charge in [-0.3, -0.25) is 0 Å². The minimum atomic E-state index is 0.620. The summed E-state index contributed by atoms with van der Waals surface area (Å²) in [6.45, 7) is 4.66. The smallest absolute Gasteiger partial charge is 0.148 e. The van der Waals surface area contributed by atoms with E-state index in [4.69, 9.17) is 0 Å². The van der Waals surface area contributed by atoms with Crippen molar-refractivity contribution in [3.05, 3.63) is 65.7 Å². The summed E-state index contributed by atoms with van der Waals surface area (Å²) in [5.41, 5.74) is 5.81. The van der Waals surface area contributed by atoms with Crippen molar-refractivity contribution in [1.82, 2.24) is 19.4 Å². The van der Waals surface area contributed by atoms with Crippen molar-refractivity contribution in [2.24, 2.45) is 0 Å². The molecule has 0 saturated heterocycles. The van der Waals surface area contributed by atoms with Crippen LogP contribution in [-0.4, -0.2) is 19.4 Å². The molecule has 0 radical (unpaired) electrons. The fraction of sp³-hybridized carbons (Fsp3) is 0.167. The van der Waals surface area contributed by atoms with Gasteiger partial charge in [0, 0.05) is 11.9 Å². The molecule has 0 aliphatic heterocycles. The lowest BCUT2D eigenvalue weighted by Crippen LogP contribution is -2.05. The summed E-state index contributed by atoms with van der Waals surface area (Å²) in [6.07, 6.45) is 2.06. The van der Waals surface area contributed by atoms with E-state index in [0.29, 0.717) is 6.54 Å². The number of fused-ring (bicyclic) bond motifs is 2. The van der Waals surface area contributed by atoms with Gasteiger partial charge in [0.25, 0.3) is 0 Å². The lowest BCUT2D eigenvalue weighted by molar-refractivity contribution is 1.04. The zero-order valence-electron chi connectivity index (χ0n) is 13.1. The predicted molar refractivity (Wildman–Crippen MR) is 91.5 cm³/mol. The number of nitrogens with one attached hydrogen (secondary N) is 1. The van der Waals surface area contributed by atoms with Gasteiger partial charge < -0.3 is 9.72 Å². The molecule has 0 fully saturated rings. The molecule has 3 aromatic heterocycles. The van der Waals surface area contributed by atoms with E-state index in [9.17, 15) is 0 Å². The minimum Gasteiger partial charge on any atom is -0.363 e. The highest BCUT2D eigenvalue weighted by Gasteiger charge is 2.07. The molecule has 0 bridgehead atoms. The molecule has 0 aliphatic rings. The van der Waals surface area contributed by atoms with Gasteiger partial charge in [-0.15, -0.1) is 0 Å². The third-order valence-corrected chi connectivity index (χ3v) is 3.93. The number of aryl methyl sites for hydroxylation is 2. The first-order chi connectivity index (χ1) is 11.2. The molecule has 3 heterocycles. The van der Waals surface area contributed by atoms with Gasteiger partial charge in [0.2, 0.25) is 0 Å². The summed E-state index contributed by atoms with van der Waals surface area (Å²) in [5, 5.41) is 3.35. The predicted octanol–water partition coefficient (Wildman–Crippen LogP) is 3.51. The van der Waals surface area contributed by atoms with Crippen LogP contribution in [0, 0.1) is 13.8 Å². The monoisotopic (exact) mass is 303 g/mol. The summed E-state index contributed by atoms with van der Waals surface area (Å²) >= 11 is 0. The Kier molecular flexibility index (Phi) is 3.19. The van der Waals surface area contributed by atoms with Crippen LogP contribution in [-0.2, 0) is 6.54 Å². The second-order valence-electron chi connectivity index (χ2n) is 5.63. The van der Waals surface area contributed by atoms with E-state index in [-0.39, 0.29) is 0 Å². The molecule has 114 valence electrons. The zero-order valence-corrected chi connectivity index (χ0v) is 13.1. The van der Waals surface area contributed by atoms with Gasteiger partial charge in [-0.25, -0.2) is 15.0 Å². The van der Waals surface area contributed by atoms with Gasteiger partial charge in [0.1, 0.15) is 11.5 Å². The molecule has 5 heteroatoms. The van der Waals surface area contributed by atoms with E-state index in [0.717, 1.165) is 33.9 Å². The molecule has 1 aromatic carbocycles. The maximum atomic E-state index is 4.65. The van der Waals surface area contributed by atoms with E-state index >= 15 is 0 Å². The van der Waals surface area contributed by atoms with Crippen LogP contribution < -0.4 is 5.32 Å². The number of aromatic nitrogens is 4. The molecule has 23 heavy (non-hydrogen) atoms. The number of hydrogen-bond acceptors (Lipinski definition) is 4. The van der Waals surface area contributed by atoms with Crippen LogP contribution in [0.2, 0.25) is 0 Å². The van der Waals surface area contributed by atoms with E-state index in [2.05, 4.69) is 43.9 Å². The molecule has 0 unspecified atom stereocenters. The second kappa shape index (κ2) is 5.35. The van der Waals surface area contributed by atoms with Gasteiger partial charge in [-0.1, -0.05) is 18.2 Å². The third kappa shape index (κ3) is 2.50. The first-order valence-electron chi connectivity index (χ1n) is 7.61. The zero-order chi connectivity index (χ0) is 15.8. The molecular weight excluding hydrogens is 286 g/mol. The van der Waals surface area contributed by atoms with E-state index in [1.165, 1.54) is 5.69 Å². The number of para-hydroxylation sites is 2. The minimum absolute atomic E-state index is 0.620. The van der Waals surface area contributed by atoms with Crippen molar-refractivity contribution in [1.29, 1.82) is 0 Å². The second-order valence-corrected chi connectivity index (χ2v) is 5.63. The Labute approximate surface area is 134 Å². The first-order valence-corrected chi connectivity index (χ1v) is 7.61. The maximum Gasteiger partial charge on any atom is 0.148 e. The number of anilines is 1. The first kappa shape index (κ1) is 13.7. The fourth-order valence-electron chi connectivity index (χ4n) is 2.71. The number of nitrogens with zero attached hydrogens (tertiary/aromatic N) is 4. The summed E-state index contributed by atoms with van der Waals surface area (Å²) in [6, 6.07) is 14.0. The van der Waals surface area contributed by atoms with Crippen molar-refractivity contribution in [3.8, 4) is 0 Å². The molecule has 0 spiro atoms. The average molecular weight is 303 g/mol. The summed E-state index contributed by atoms with van der Waals surface area (Å²) in [7, 11) is 0. The standard InChI is InChI=1S/C18H17N5/c1-12-6-5-9-17-21-14(11-23(12)17)10-19-18-13(2)20-15-7-3-4-8-16(15)22-18/h3-9,11H,10H2,1-2H3,(H,19,22). The van der Waals surface area contributed by atoms with Crippen molar-refractivity contribution >= 4 is 22.5 Å². The van der Waals surface area contributed by atoms with E-state index in [1.807, 2.05) is 43.3 Å². The maximum absolute atomic E-state index is 4.65. The van der Waals surface area contributed by atoms with Crippen molar-refractivity contribution in [2.45, 2.75) is 20.4 Å². The molecule has 0 aliphatic carbocycles. The molecular formula is C18H17N5. The summed E-state index contributed by atoms with van der Waals surface area (Å²) in [5.74, 6) is 0.803. The lowest BCUT2D eigenvalue weighted by atomic mass is 10.3. The van der Waals surface area contributed by atoms with Crippen LogP contribution in [0.1, 0.15) is 17.1 Å². The quantitative estimate of drug-likeness (QED) is 0.629. The topological polar surface area (TPSA) is 55.1 Å². The number of hydrogen-bond donors (Lipinski definition) is 1. The molecule has 4 aromatic rings. The number of benzene rings is 1. The van der Waals surface area contributed by atoms with Crippen molar-refractivity contribution in [3.63, 3.8) is 0 Å². The Morgan fingerprint density at radius 2 is 1.70 bits per heavy atom. The van der Waals surface area contributed by atoms with Gasteiger partial charge in [-0.05, 0) is 38.1 Å². The average Bonchev–Trinajstić information content (AvgIpc) is 2.97. The Morgan fingerprint density at radius 1 is 0.913 bits per heavy atom. The fourth-order valence-corrected chi connectivity index (χ4v) is 2.71. The largest absolute Gasteiger partial charge is 0.363 e. The Bertz CT molecular complexity index is 1000. The highest BCUT2D eigenvalue weighted by atomic mass is 15.1. The Balaban J connectivity index is 1.62. The highest BCUT2D eigenvalue weighted by molar-refractivity contribution is 5.76. The van der Waals surface area contributed by atoms with Crippen LogP contribution in [0.15, 0.2) is 48.7 Å². The van der Waals surface area contributed by atoms with E-state index in [1.54, 1.807) is 0 Å². The van der Waals surface area contributed by atoms with Crippen LogP contribution in [0.3, 0.4) is 0 Å². The van der Waals surface area contributed by atoms with Gasteiger partial charge in [0.15, 0.2) is 0 Å². The molecule has 4 rings (SSSR count). The molecule has 0 amide bonds. The third-order valence-electron chi connectivity index (χ3n) is 3.93. The van der Waals surface area contributed by atoms with Gasteiger partial charge in [0.05, 0.1) is 29.0 Å². The van der Waals surface area contributed by atoms with Crippen LogP contribution in [0.25, 0.3) is 16.7 Å². The number of rotatable bonds is 3. The SMILES string of the molecule is Cc1nc2ccccc2nc1NCc1cn2c(C)cccc2n1. The van der Waals surface area contributed by atoms with Gasteiger partial charge in [-0.2, -0.15) is 0 Å². The number of imidazole rings is 1. The van der Waals surface area contributed by atoms with Crippen LogP contribution >= 0.6 is 0 Å². The van der Waals surface area contributed by atoms with Crippen molar-refractivity contribution in [2.75, 3.05) is 5.32 Å². The molecule has 0 atom stereocenters. The Morgan fingerprint density at radius 3 is 2.48 bits per heavy atom. The number of pyridine rings is 1. The lowest BCUT2D eigenvalue weighted by Gasteiger charge is -2.08. The molecule has 0 saturated carbocycles. The van der Waals surface area contributed by atoms with Crippen LogP contribution in [0.5, 0.6) is 0 Å². The Hall–Kier alpha value is -2.95. The van der Waals surface area contributed by atoms with E-state index < -0.39 is 0 Å².